The van der Waals surface area contributed by atoms with Crippen molar-refractivity contribution in [2.45, 2.75) is 26.7 Å². The summed E-state index contributed by atoms with van der Waals surface area (Å²) in [5, 5.41) is 0. The summed E-state index contributed by atoms with van der Waals surface area (Å²) in [6, 6.07) is 0. The maximum Gasteiger partial charge on any atom is 0.106 e. The average Bonchev–Trinajstić information content (AvgIpc) is 2.71. The van der Waals surface area contributed by atoms with Crippen LogP contribution in [0.3, 0.4) is 0 Å². The Hall–Kier alpha value is 0.880. The van der Waals surface area contributed by atoms with E-state index in [0.29, 0.717) is 0 Å². The van der Waals surface area contributed by atoms with Gasteiger partial charge in [-0.2, -0.15) is 0 Å². The number of rotatable bonds is 2. The fraction of sp³-hybridized carbons (Fsp3) is 0.364. The first-order chi connectivity index (χ1) is 7.60. The Morgan fingerprint density at radius 1 is 1.00 bits per heavy atom. The Morgan fingerprint density at radius 2 is 1.69 bits per heavy atom. The van der Waals surface area contributed by atoms with E-state index >= 15 is 0 Å². The lowest BCUT2D eigenvalue weighted by molar-refractivity contribution is 0.997. The molecule has 5 heteroatoms. The standard InChI is InChI=1S/C11H11I3N2/c1-3-5-7(12)8(13)9(14)11-10(5)15-6(4-2)16-11/h3-4H2,1-2H3,(H,15,16). The number of H-pyrrole nitrogens is 1. The monoisotopic (exact) mass is 552 g/mol. The third kappa shape index (κ3) is 2.11. The zero-order valence-electron chi connectivity index (χ0n) is 9.00. The molecule has 1 aromatic carbocycles. The number of aromatic nitrogens is 2. The molecule has 0 amide bonds. The smallest absolute Gasteiger partial charge is 0.106 e. The summed E-state index contributed by atoms with van der Waals surface area (Å²) in [7, 11) is 0. The van der Waals surface area contributed by atoms with Gasteiger partial charge in [0.2, 0.25) is 0 Å². The SMILES string of the molecule is CCc1nc2c(CC)c(I)c(I)c(I)c2[nH]1. The number of nitrogens with zero attached hydrogens (tertiary/aromatic N) is 1. The van der Waals surface area contributed by atoms with Gasteiger partial charge < -0.3 is 4.98 Å². The molecule has 0 atom stereocenters. The van der Waals surface area contributed by atoms with Crippen LogP contribution in [-0.2, 0) is 12.8 Å². The zero-order chi connectivity index (χ0) is 11.9. The van der Waals surface area contributed by atoms with E-state index in [-0.39, 0.29) is 0 Å². The molecule has 2 rings (SSSR count). The fourth-order valence-corrected chi connectivity index (χ4v) is 4.41. The summed E-state index contributed by atoms with van der Waals surface area (Å²) in [5.74, 6) is 1.08. The van der Waals surface area contributed by atoms with Crippen LogP contribution in [0.15, 0.2) is 0 Å². The highest BCUT2D eigenvalue weighted by Gasteiger charge is 2.16. The number of aryl methyl sites for hydroxylation is 2. The average molecular weight is 552 g/mol. The summed E-state index contributed by atoms with van der Waals surface area (Å²) in [6.45, 7) is 4.33. The maximum absolute atomic E-state index is 4.70. The highest BCUT2D eigenvalue weighted by atomic mass is 127. The van der Waals surface area contributed by atoms with Crippen molar-refractivity contribution in [1.29, 1.82) is 0 Å². The summed E-state index contributed by atoms with van der Waals surface area (Å²) >= 11 is 7.27. The summed E-state index contributed by atoms with van der Waals surface area (Å²) in [5.41, 5.74) is 3.74. The molecule has 1 heterocycles. The first-order valence-corrected chi connectivity index (χ1v) is 8.37. The summed E-state index contributed by atoms with van der Waals surface area (Å²) < 4.78 is 3.99. The minimum absolute atomic E-state index is 0.959. The van der Waals surface area contributed by atoms with Gasteiger partial charge in [-0.15, -0.1) is 0 Å². The van der Waals surface area contributed by atoms with E-state index in [9.17, 15) is 0 Å². The van der Waals surface area contributed by atoms with Gasteiger partial charge in [-0.25, -0.2) is 4.98 Å². The highest BCUT2D eigenvalue weighted by molar-refractivity contribution is 14.1. The normalized spacial score (nSPS) is 11.3. The quantitative estimate of drug-likeness (QED) is 0.432. The van der Waals surface area contributed by atoms with Gasteiger partial charge in [0.15, 0.2) is 0 Å². The third-order valence-electron chi connectivity index (χ3n) is 2.60. The number of hydrogen-bond acceptors (Lipinski definition) is 1. The number of benzene rings is 1. The summed E-state index contributed by atoms with van der Waals surface area (Å²) in [6.07, 6.45) is 2.00. The topological polar surface area (TPSA) is 28.7 Å². The van der Waals surface area contributed by atoms with Crippen LogP contribution < -0.4 is 0 Å². The molecule has 0 aliphatic carbocycles. The predicted molar refractivity (Wildman–Crippen MR) is 93.0 cm³/mol. The fourth-order valence-electron chi connectivity index (χ4n) is 1.73. The molecule has 0 aliphatic heterocycles. The molecule has 16 heavy (non-hydrogen) atoms. The zero-order valence-corrected chi connectivity index (χ0v) is 15.5. The molecule has 0 fully saturated rings. The van der Waals surface area contributed by atoms with Crippen LogP contribution in [0.5, 0.6) is 0 Å². The van der Waals surface area contributed by atoms with Gasteiger partial charge in [-0.1, -0.05) is 13.8 Å². The molecule has 2 aromatic rings. The number of aromatic amines is 1. The van der Waals surface area contributed by atoms with Crippen molar-refractivity contribution in [2.75, 3.05) is 0 Å². The van der Waals surface area contributed by atoms with Crippen molar-refractivity contribution in [3.63, 3.8) is 0 Å². The van der Waals surface area contributed by atoms with Crippen molar-refractivity contribution >= 4 is 78.8 Å². The van der Waals surface area contributed by atoms with Crippen LogP contribution in [0.25, 0.3) is 11.0 Å². The van der Waals surface area contributed by atoms with Crippen molar-refractivity contribution in [1.82, 2.24) is 9.97 Å². The van der Waals surface area contributed by atoms with E-state index in [1.165, 1.54) is 21.8 Å². The van der Waals surface area contributed by atoms with E-state index in [2.05, 4.69) is 86.6 Å². The first-order valence-electron chi connectivity index (χ1n) is 5.14. The van der Waals surface area contributed by atoms with E-state index in [1.807, 2.05) is 0 Å². The van der Waals surface area contributed by atoms with Crippen LogP contribution in [0.1, 0.15) is 25.2 Å². The molecule has 0 spiro atoms. The minimum Gasteiger partial charge on any atom is -0.341 e. The highest BCUT2D eigenvalue weighted by Crippen LogP contribution is 2.32. The molecule has 0 bridgehead atoms. The Labute approximate surface area is 136 Å². The lowest BCUT2D eigenvalue weighted by Crippen LogP contribution is -1.96. The maximum atomic E-state index is 4.70. The largest absolute Gasteiger partial charge is 0.341 e. The van der Waals surface area contributed by atoms with E-state index in [0.717, 1.165) is 24.2 Å². The van der Waals surface area contributed by atoms with Gasteiger partial charge in [0.25, 0.3) is 0 Å². The van der Waals surface area contributed by atoms with Crippen LogP contribution in [0.2, 0.25) is 0 Å². The van der Waals surface area contributed by atoms with Gasteiger partial charge >= 0.3 is 0 Å². The number of halogens is 3. The second-order valence-corrected chi connectivity index (χ2v) is 6.77. The van der Waals surface area contributed by atoms with Gasteiger partial charge in [-0.05, 0) is 79.8 Å². The number of nitrogens with one attached hydrogen (secondary N) is 1. The first kappa shape index (κ1) is 13.3. The van der Waals surface area contributed by atoms with Crippen LogP contribution in [-0.4, -0.2) is 9.97 Å². The van der Waals surface area contributed by atoms with E-state index in [4.69, 9.17) is 4.98 Å². The lowest BCUT2D eigenvalue weighted by atomic mass is 10.1. The third-order valence-corrected chi connectivity index (χ3v) is 8.01. The second-order valence-electron chi connectivity index (χ2n) is 3.53. The molecule has 86 valence electrons. The molecule has 1 aromatic heterocycles. The van der Waals surface area contributed by atoms with Crippen molar-refractivity contribution < 1.29 is 0 Å². The Kier molecular flexibility index (Phi) is 4.37. The van der Waals surface area contributed by atoms with Crippen LogP contribution in [0, 0.1) is 10.7 Å². The molecule has 0 saturated carbocycles. The molecule has 1 N–H and O–H groups in total. The van der Waals surface area contributed by atoms with Crippen molar-refractivity contribution in [2.24, 2.45) is 0 Å². The van der Waals surface area contributed by atoms with E-state index in [1.54, 1.807) is 0 Å². The van der Waals surface area contributed by atoms with Gasteiger partial charge in [0.1, 0.15) is 5.82 Å². The Bertz CT molecular complexity index is 546. The van der Waals surface area contributed by atoms with Gasteiger partial charge in [-0.3, -0.25) is 0 Å². The molecular formula is C11H11I3N2. The number of imidazole rings is 1. The van der Waals surface area contributed by atoms with Crippen molar-refractivity contribution in [3.8, 4) is 0 Å². The van der Waals surface area contributed by atoms with Gasteiger partial charge in [0, 0.05) is 13.6 Å². The number of hydrogen-bond donors (Lipinski definition) is 1. The molecule has 0 unspecified atom stereocenters. The lowest BCUT2D eigenvalue weighted by Gasteiger charge is -2.07. The number of fused-ring (bicyclic) bond motifs is 1. The van der Waals surface area contributed by atoms with Gasteiger partial charge in [0.05, 0.1) is 14.6 Å². The molecule has 0 saturated heterocycles. The molecule has 0 radical (unpaired) electrons. The Balaban J connectivity index is 2.89. The minimum atomic E-state index is 0.959. The van der Waals surface area contributed by atoms with Crippen molar-refractivity contribution in [3.05, 3.63) is 22.1 Å². The summed E-state index contributed by atoms with van der Waals surface area (Å²) in [4.78, 5) is 8.13. The second kappa shape index (κ2) is 5.25. The Morgan fingerprint density at radius 3 is 2.25 bits per heavy atom. The van der Waals surface area contributed by atoms with Crippen LogP contribution in [0.4, 0.5) is 0 Å². The molecular weight excluding hydrogens is 541 g/mol. The van der Waals surface area contributed by atoms with E-state index < -0.39 is 0 Å². The van der Waals surface area contributed by atoms with Crippen LogP contribution >= 0.6 is 67.8 Å². The molecule has 0 aliphatic rings. The molecule has 2 nitrogen and oxygen atoms in total. The predicted octanol–water partition coefficient (Wildman–Crippen LogP) is 4.50.